The van der Waals surface area contributed by atoms with Crippen LogP contribution in [0.1, 0.15) is 24.4 Å². The molecule has 0 aliphatic carbocycles. The molecular weight excluding hydrogens is 285 g/mol. The number of nitrogens with zero attached hydrogens (tertiary/aromatic N) is 2. The predicted octanol–water partition coefficient (Wildman–Crippen LogP) is 1.59. The second-order valence-electron chi connectivity index (χ2n) is 5.96. The summed E-state index contributed by atoms with van der Waals surface area (Å²) in [5, 5.41) is 12.5. The van der Waals surface area contributed by atoms with Gasteiger partial charge in [-0.05, 0) is 44.6 Å². The van der Waals surface area contributed by atoms with E-state index in [1.807, 2.05) is 19.0 Å². The van der Waals surface area contributed by atoms with Gasteiger partial charge in [0.05, 0.1) is 12.1 Å². The highest BCUT2D eigenvalue weighted by Gasteiger charge is 2.23. The summed E-state index contributed by atoms with van der Waals surface area (Å²) in [6.07, 6.45) is 1.14. The van der Waals surface area contributed by atoms with Gasteiger partial charge >= 0.3 is 6.03 Å². The van der Waals surface area contributed by atoms with E-state index in [-0.39, 0.29) is 17.9 Å². The van der Waals surface area contributed by atoms with Gasteiger partial charge < -0.3 is 20.2 Å². The van der Waals surface area contributed by atoms with Crippen molar-refractivity contribution in [2.45, 2.75) is 25.0 Å². The van der Waals surface area contributed by atoms with E-state index in [0.29, 0.717) is 19.6 Å². The van der Waals surface area contributed by atoms with Crippen molar-refractivity contribution >= 4 is 6.03 Å². The topological polar surface area (TPSA) is 55.8 Å². The third-order valence-electron chi connectivity index (χ3n) is 4.01. The Hall–Kier alpha value is -1.66. The maximum absolute atomic E-state index is 13.0. The van der Waals surface area contributed by atoms with Crippen molar-refractivity contribution in [1.29, 1.82) is 0 Å². The number of rotatable bonds is 4. The highest BCUT2D eigenvalue weighted by atomic mass is 19.1. The fourth-order valence-electron chi connectivity index (χ4n) is 2.72. The molecule has 0 saturated carbocycles. The Balaban J connectivity index is 1.94. The van der Waals surface area contributed by atoms with Crippen molar-refractivity contribution in [2.75, 3.05) is 33.7 Å². The molecule has 1 aliphatic rings. The monoisotopic (exact) mass is 309 g/mol. The summed E-state index contributed by atoms with van der Waals surface area (Å²) in [5.41, 5.74) is 0.949. The number of benzene rings is 1. The summed E-state index contributed by atoms with van der Waals surface area (Å²) in [7, 11) is 3.84. The van der Waals surface area contributed by atoms with Crippen LogP contribution in [0.25, 0.3) is 0 Å². The highest BCUT2D eigenvalue weighted by molar-refractivity contribution is 5.74. The van der Waals surface area contributed by atoms with Gasteiger partial charge in [-0.25, -0.2) is 9.18 Å². The molecule has 2 N–H and O–H groups in total. The fourth-order valence-corrected chi connectivity index (χ4v) is 2.72. The molecule has 2 amide bonds. The van der Waals surface area contributed by atoms with Crippen LogP contribution in [0.4, 0.5) is 9.18 Å². The third-order valence-corrected chi connectivity index (χ3v) is 4.01. The van der Waals surface area contributed by atoms with Crippen LogP contribution in [-0.4, -0.2) is 60.8 Å². The molecule has 5 nitrogen and oxygen atoms in total. The first-order valence-electron chi connectivity index (χ1n) is 7.60. The molecule has 2 unspecified atom stereocenters. The summed E-state index contributed by atoms with van der Waals surface area (Å²) in [5.74, 6) is -0.271. The molecule has 1 saturated heterocycles. The average Bonchev–Trinajstić information content (AvgIpc) is 2.48. The minimum absolute atomic E-state index is 0.0285. The van der Waals surface area contributed by atoms with E-state index in [1.165, 1.54) is 12.1 Å². The van der Waals surface area contributed by atoms with Crippen molar-refractivity contribution in [3.05, 3.63) is 35.6 Å². The van der Waals surface area contributed by atoms with Gasteiger partial charge in [0.1, 0.15) is 5.82 Å². The van der Waals surface area contributed by atoms with Crippen LogP contribution in [0.3, 0.4) is 0 Å². The fraction of sp³-hybridized carbons (Fsp3) is 0.562. The Labute approximate surface area is 130 Å². The quantitative estimate of drug-likeness (QED) is 0.888. The van der Waals surface area contributed by atoms with Crippen molar-refractivity contribution < 1.29 is 14.3 Å². The lowest BCUT2D eigenvalue weighted by atomic mass is 10.1. The molecule has 2 rings (SSSR count). The molecule has 1 aromatic rings. The molecule has 0 bridgehead atoms. The molecular formula is C16H24FN3O2. The van der Waals surface area contributed by atoms with Crippen molar-refractivity contribution in [1.82, 2.24) is 15.1 Å². The zero-order valence-corrected chi connectivity index (χ0v) is 13.1. The number of carbonyl (C=O) groups is 1. The Morgan fingerprint density at radius 3 is 2.73 bits per heavy atom. The van der Waals surface area contributed by atoms with Gasteiger partial charge in [-0.1, -0.05) is 12.1 Å². The van der Waals surface area contributed by atoms with E-state index in [0.717, 1.165) is 18.4 Å². The Morgan fingerprint density at radius 2 is 2.14 bits per heavy atom. The number of β-amino-alcohol motifs (C(OH)–C–C–N with tert-alkyl or cyclic N) is 1. The maximum atomic E-state index is 13.0. The van der Waals surface area contributed by atoms with Gasteiger partial charge in [0, 0.05) is 19.6 Å². The third kappa shape index (κ3) is 4.42. The van der Waals surface area contributed by atoms with Crippen LogP contribution in [0.15, 0.2) is 24.3 Å². The smallest absolute Gasteiger partial charge is 0.317 e. The number of carbonyl (C=O) groups excluding carboxylic acids is 1. The first-order valence-corrected chi connectivity index (χ1v) is 7.60. The van der Waals surface area contributed by atoms with Crippen LogP contribution in [0, 0.1) is 5.82 Å². The van der Waals surface area contributed by atoms with Crippen LogP contribution in [0.2, 0.25) is 0 Å². The lowest BCUT2D eigenvalue weighted by Gasteiger charge is -2.31. The number of piperidine rings is 1. The van der Waals surface area contributed by atoms with Gasteiger partial charge in [-0.2, -0.15) is 0 Å². The molecule has 122 valence electrons. The Kier molecular flexibility index (Phi) is 5.74. The van der Waals surface area contributed by atoms with Gasteiger partial charge in [-0.15, -0.1) is 0 Å². The van der Waals surface area contributed by atoms with Gasteiger partial charge in [0.25, 0.3) is 0 Å². The van der Waals surface area contributed by atoms with E-state index in [4.69, 9.17) is 0 Å². The van der Waals surface area contributed by atoms with Gasteiger partial charge in [-0.3, -0.25) is 0 Å². The number of likely N-dealkylation sites (N-methyl/N-ethyl adjacent to an activating group) is 1. The molecule has 0 radical (unpaired) electrons. The van der Waals surface area contributed by atoms with E-state index in [9.17, 15) is 14.3 Å². The Morgan fingerprint density at radius 1 is 1.45 bits per heavy atom. The molecule has 2 atom stereocenters. The van der Waals surface area contributed by atoms with E-state index < -0.39 is 6.10 Å². The molecule has 1 heterocycles. The minimum Gasteiger partial charge on any atom is -0.391 e. The molecule has 1 aromatic carbocycles. The number of likely N-dealkylation sites (tertiary alicyclic amines) is 1. The lowest BCUT2D eigenvalue weighted by molar-refractivity contribution is 0.0836. The van der Waals surface area contributed by atoms with E-state index in [1.54, 1.807) is 17.0 Å². The first kappa shape index (κ1) is 16.7. The summed E-state index contributed by atoms with van der Waals surface area (Å²) in [6, 6.07) is 6.13. The van der Waals surface area contributed by atoms with E-state index >= 15 is 0 Å². The first-order chi connectivity index (χ1) is 10.5. The molecule has 6 heteroatoms. The Bertz CT molecular complexity index is 493. The van der Waals surface area contributed by atoms with Crippen LogP contribution in [-0.2, 0) is 0 Å². The lowest BCUT2D eigenvalue weighted by Crippen LogP contribution is -2.48. The standard InChI is InChI=1S/C16H24FN3O2/c1-19(2)15(12-5-7-13(17)8-6-12)10-18-16(22)20-9-3-4-14(21)11-20/h5-8,14-15,21H,3-4,9-11H2,1-2H3,(H,18,22). The minimum atomic E-state index is -0.429. The number of nitrogens with one attached hydrogen (secondary N) is 1. The van der Waals surface area contributed by atoms with Crippen molar-refractivity contribution in [2.24, 2.45) is 0 Å². The van der Waals surface area contributed by atoms with Gasteiger partial charge in [0.15, 0.2) is 0 Å². The maximum Gasteiger partial charge on any atom is 0.317 e. The van der Waals surface area contributed by atoms with Crippen molar-refractivity contribution in [3.8, 4) is 0 Å². The van der Waals surface area contributed by atoms with E-state index in [2.05, 4.69) is 5.32 Å². The number of aliphatic hydroxyl groups is 1. The van der Waals surface area contributed by atoms with Gasteiger partial charge in [0.2, 0.25) is 0 Å². The average molecular weight is 309 g/mol. The molecule has 22 heavy (non-hydrogen) atoms. The van der Waals surface area contributed by atoms with Crippen molar-refractivity contribution in [3.63, 3.8) is 0 Å². The second-order valence-corrected chi connectivity index (χ2v) is 5.96. The number of hydrogen-bond donors (Lipinski definition) is 2. The summed E-state index contributed by atoms with van der Waals surface area (Å²) >= 11 is 0. The summed E-state index contributed by atoms with van der Waals surface area (Å²) < 4.78 is 13.0. The second kappa shape index (κ2) is 7.56. The molecule has 0 aromatic heterocycles. The predicted molar refractivity (Wildman–Crippen MR) is 83.0 cm³/mol. The summed E-state index contributed by atoms with van der Waals surface area (Å²) in [6.45, 7) is 1.49. The highest BCUT2D eigenvalue weighted by Crippen LogP contribution is 2.18. The SMILES string of the molecule is CN(C)C(CNC(=O)N1CCCC(O)C1)c1ccc(F)cc1. The van der Waals surface area contributed by atoms with Crippen LogP contribution >= 0.6 is 0 Å². The van der Waals surface area contributed by atoms with Crippen LogP contribution in [0.5, 0.6) is 0 Å². The number of aliphatic hydroxyl groups excluding tert-OH is 1. The largest absolute Gasteiger partial charge is 0.391 e. The molecule has 1 aliphatic heterocycles. The number of hydrogen-bond acceptors (Lipinski definition) is 3. The normalized spacial score (nSPS) is 20.0. The number of halogens is 1. The number of urea groups is 1. The zero-order chi connectivity index (χ0) is 16.1. The zero-order valence-electron chi connectivity index (χ0n) is 13.1. The summed E-state index contributed by atoms with van der Waals surface area (Å²) in [4.78, 5) is 15.8. The molecule has 0 spiro atoms. The van der Waals surface area contributed by atoms with Crippen LogP contribution < -0.4 is 5.32 Å². The molecule has 1 fully saturated rings. The number of amides is 2.